The molecule has 2 aromatic rings. The van der Waals surface area contributed by atoms with Crippen molar-refractivity contribution in [3.8, 4) is 5.75 Å². The van der Waals surface area contributed by atoms with Gasteiger partial charge in [-0.1, -0.05) is 29.8 Å². The first-order valence-corrected chi connectivity index (χ1v) is 6.38. The van der Waals surface area contributed by atoms with Gasteiger partial charge in [0.2, 0.25) is 0 Å². The van der Waals surface area contributed by atoms with Crippen molar-refractivity contribution in [1.29, 1.82) is 0 Å². The summed E-state index contributed by atoms with van der Waals surface area (Å²) >= 11 is 5.84. The lowest BCUT2D eigenvalue weighted by Gasteiger charge is -2.10. The number of nitrogens with one attached hydrogen (secondary N) is 1. The number of ether oxygens (including phenoxy) is 1. The van der Waals surface area contributed by atoms with E-state index in [1.54, 1.807) is 24.3 Å². The average molecular weight is 292 g/mol. The van der Waals surface area contributed by atoms with Crippen molar-refractivity contribution < 1.29 is 14.6 Å². The Hall–Kier alpha value is -2.20. The van der Waals surface area contributed by atoms with Gasteiger partial charge in [-0.15, -0.1) is 0 Å². The number of hydrogen-bond acceptors (Lipinski definition) is 4. The maximum atomic E-state index is 11.6. The molecule has 0 atom stereocenters. The molecule has 0 radical (unpaired) electrons. The van der Waals surface area contributed by atoms with Gasteiger partial charge >= 0.3 is 5.97 Å². The van der Waals surface area contributed by atoms with E-state index in [9.17, 15) is 9.90 Å². The van der Waals surface area contributed by atoms with E-state index >= 15 is 0 Å². The number of rotatable bonds is 4. The summed E-state index contributed by atoms with van der Waals surface area (Å²) < 4.78 is 4.74. The fourth-order valence-corrected chi connectivity index (χ4v) is 1.98. The van der Waals surface area contributed by atoms with Gasteiger partial charge in [0.15, 0.2) is 0 Å². The summed E-state index contributed by atoms with van der Waals surface area (Å²) in [5.41, 5.74) is 2.10. The molecule has 0 saturated heterocycles. The van der Waals surface area contributed by atoms with Gasteiger partial charge < -0.3 is 15.2 Å². The third-order valence-corrected chi connectivity index (χ3v) is 3.16. The van der Waals surface area contributed by atoms with Crippen LogP contribution in [0.15, 0.2) is 42.5 Å². The zero-order valence-electron chi connectivity index (χ0n) is 10.9. The second kappa shape index (κ2) is 6.30. The van der Waals surface area contributed by atoms with Crippen LogP contribution in [0.25, 0.3) is 0 Å². The van der Waals surface area contributed by atoms with E-state index in [1.807, 2.05) is 12.1 Å². The molecule has 2 aromatic carbocycles. The highest BCUT2D eigenvalue weighted by Crippen LogP contribution is 2.26. The number of halogens is 1. The van der Waals surface area contributed by atoms with Gasteiger partial charge in [-0.3, -0.25) is 0 Å². The minimum Gasteiger partial charge on any atom is -0.506 e. The number of carbonyl (C=O) groups is 1. The molecular formula is C15H14ClNO3. The molecule has 0 aliphatic rings. The van der Waals surface area contributed by atoms with Gasteiger partial charge in [0.1, 0.15) is 5.75 Å². The number of phenolic OH excluding ortho intramolecular Hbond substituents is 1. The molecule has 4 nitrogen and oxygen atoms in total. The average Bonchev–Trinajstić information content (AvgIpc) is 2.48. The van der Waals surface area contributed by atoms with Gasteiger partial charge in [-0.25, -0.2) is 4.79 Å². The number of aromatic hydroxyl groups is 1. The summed E-state index contributed by atoms with van der Waals surface area (Å²) in [7, 11) is 1.35. The van der Waals surface area contributed by atoms with Gasteiger partial charge in [-0.05, 0) is 29.8 Å². The normalized spacial score (nSPS) is 10.1. The van der Waals surface area contributed by atoms with Crippen LogP contribution in [0.4, 0.5) is 5.69 Å². The maximum Gasteiger partial charge on any atom is 0.338 e. The Labute approximate surface area is 122 Å². The summed E-state index contributed by atoms with van der Waals surface area (Å²) in [5, 5.41) is 12.8. The van der Waals surface area contributed by atoms with E-state index in [1.165, 1.54) is 13.2 Å². The smallest absolute Gasteiger partial charge is 0.338 e. The van der Waals surface area contributed by atoms with E-state index in [2.05, 4.69) is 5.32 Å². The lowest BCUT2D eigenvalue weighted by molar-refractivity contribution is 0.0599. The Morgan fingerprint density at radius 3 is 2.75 bits per heavy atom. The Bertz CT molecular complexity index is 628. The molecule has 0 saturated carbocycles. The van der Waals surface area contributed by atoms with Crippen LogP contribution in [0.1, 0.15) is 15.9 Å². The van der Waals surface area contributed by atoms with E-state index in [4.69, 9.17) is 16.3 Å². The molecular weight excluding hydrogens is 278 g/mol. The zero-order valence-corrected chi connectivity index (χ0v) is 11.6. The fourth-order valence-electron chi connectivity index (χ4n) is 1.80. The number of methoxy groups -OCH3 is 1. The van der Waals surface area contributed by atoms with Crippen LogP contribution in [0.3, 0.4) is 0 Å². The van der Waals surface area contributed by atoms with E-state index in [0.717, 1.165) is 11.3 Å². The first-order chi connectivity index (χ1) is 9.61. The van der Waals surface area contributed by atoms with Gasteiger partial charge in [0.25, 0.3) is 0 Å². The van der Waals surface area contributed by atoms with Crippen molar-refractivity contribution in [3.05, 3.63) is 58.6 Å². The second-order valence-electron chi connectivity index (χ2n) is 4.17. The number of phenols is 1. The number of carbonyl (C=O) groups excluding carboxylic acids is 1. The van der Waals surface area contributed by atoms with Crippen LogP contribution in [0, 0.1) is 0 Å². The lowest BCUT2D eigenvalue weighted by atomic mass is 10.1. The van der Waals surface area contributed by atoms with E-state index in [0.29, 0.717) is 12.1 Å². The van der Waals surface area contributed by atoms with Gasteiger partial charge in [0.05, 0.1) is 17.7 Å². The highest BCUT2D eigenvalue weighted by atomic mass is 35.5. The Balaban J connectivity index is 2.14. The number of hydrogen-bond donors (Lipinski definition) is 2. The number of esters is 1. The van der Waals surface area contributed by atoms with Crippen molar-refractivity contribution in [3.63, 3.8) is 0 Å². The minimum absolute atomic E-state index is 0.0344. The predicted octanol–water partition coefficient (Wildman–Crippen LogP) is 3.44. The van der Waals surface area contributed by atoms with E-state index in [-0.39, 0.29) is 16.7 Å². The van der Waals surface area contributed by atoms with Crippen molar-refractivity contribution in [1.82, 2.24) is 0 Å². The molecule has 0 aliphatic carbocycles. The van der Waals surface area contributed by atoms with Crippen LogP contribution in [-0.2, 0) is 11.3 Å². The molecule has 0 unspecified atom stereocenters. The highest BCUT2D eigenvalue weighted by molar-refractivity contribution is 6.32. The van der Waals surface area contributed by atoms with Crippen LogP contribution >= 0.6 is 11.6 Å². The van der Waals surface area contributed by atoms with Crippen molar-refractivity contribution in [2.75, 3.05) is 12.4 Å². The molecule has 2 rings (SSSR count). The maximum absolute atomic E-state index is 11.6. The third-order valence-electron chi connectivity index (χ3n) is 2.85. The van der Waals surface area contributed by atoms with Gasteiger partial charge in [0, 0.05) is 12.2 Å². The first kappa shape index (κ1) is 14.2. The molecule has 0 spiro atoms. The Morgan fingerprint density at radius 2 is 2.05 bits per heavy atom. The molecule has 104 valence electrons. The monoisotopic (exact) mass is 291 g/mol. The zero-order chi connectivity index (χ0) is 14.5. The minimum atomic E-state index is -0.369. The Kier molecular flexibility index (Phi) is 4.48. The standard InChI is InChI=1S/C15H14ClNO3/c1-20-15(19)12-5-3-2-4-10(12)9-17-11-6-7-14(18)13(16)8-11/h2-8,17-18H,9H2,1H3. The predicted molar refractivity (Wildman–Crippen MR) is 78.2 cm³/mol. The molecule has 0 amide bonds. The Morgan fingerprint density at radius 1 is 1.30 bits per heavy atom. The summed E-state index contributed by atoms with van der Waals surface area (Å²) in [4.78, 5) is 11.6. The molecule has 0 heterocycles. The van der Waals surface area contributed by atoms with Crippen LogP contribution in [0.5, 0.6) is 5.75 Å². The lowest BCUT2D eigenvalue weighted by Crippen LogP contribution is -2.09. The SMILES string of the molecule is COC(=O)c1ccccc1CNc1ccc(O)c(Cl)c1. The number of anilines is 1. The van der Waals surface area contributed by atoms with Crippen molar-refractivity contribution in [2.45, 2.75) is 6.54 Å². The largest absolute Gasteiger partial charge is 0.506 e. The summed E-state index contributed by atoms with van der Waals surface area (Å²) in [6.45, 7) is 0.451. The number of benzene rings is 2. The van der Waals surface area contributed by atoms with Crippen LogP contribution in [-0.4, -0.2) is 18.2 Å². The molecule has 2 N–H and O–H groups in total. The summed E-state index contributed by atoms with van der Waals surface area (Å²) in [6, 6.07) is 12.0. The first-order valence-electron chi connectivity index (χ1n) is 6.00. The molecule has 20 heavy (non-hydrogen) atoms. The van der Waals surface area contributed by atoms with Crippen molar-refractivity contribution in [2.24, 2.45) is 0 Å². The third kappa shape index (κ3) is 3.22. The van der Waals surface area contributed by atoms with Crippen LogP contribution in [0.2, 0.25) is 5.02 Å². The second-order valence-corrected chi connectivity index (χ2v) is 4.58. The summed E-state index contributed by atoms with van der Waals surface area (Å²) in [5.74, 6) is -0.335. The molecule has 0 aliphatic heterocycles. The molecule has 0 aromatic heterocycles. The van der Waals surface area contributed by atoms with Crippen LogP contribution < -0.4 is 5.32 Å². The van der Waals surface area contributed by atoms with E-state index < -0.39 is 0 Å². The fraction of sp³-hybridized carbons (Fsp3) is 0.133. The van der Waals surface area contributed by atoms with Crippen molar-refractivity contribution >= 4 is 23.3 Å². The molecule has 0 bridgehead atoms. The molecule has 5 heteroatoms. The summed E-state index contributed by atoms with van der Waals surface area (Å²) in [6.07, 6.45) is 0. The highest BCUT2D eigenvalue weighted by Gasteiger charge is 2.10. The van der Waals surface area contributed by atoms with Gasteiger partial charge in [-0.2, -0.15) is 0 Å². The molecule has 0 fully saturated rings. The quantitative estimate of drug-likeness (QED) is 0.669. The topological polar surface area (TPSA) is 58.6 Å².